The molecule has 0 bridgehead atoms. The van der Waals surface area contributed by atoms with Crippen molar-refractivity contribution >= 4 is 0 Å². The largest absolute Gasteiger partial charge is 0.378 e. The van der Waals surface area contributed by atoms with Crippen LogP contribution < -0.4 is 5.32 Å². The van der Waals surface area contributed by atoms with Gasteiger partial charge in [0.15, 0.2) is 0 Å². The molecule has 3 saturated carbocycles. The Morgan fingerprint density at radius 1 is 1.11 bits per heavy atom. The van der Waals surface area contributed by atoms with Gasteiger partial charge in [0.05, 0.1) is 6.10 Å². The van der Waals surface area contributed by atoms with Crippen LogP contribution in [0.25, 0.3) is 0 Å². The van der Waals surface area contributed by atoms with Gasteiger partial charge >= 0.3 is 0 Å². The molecule has 2 heteroatoms. The van der Waals surface area contributed by atoms with E-state index in [2.05, 4.69) is 19.2 Å². The minimum absolute atomic E-state index is 0.500. The van der Waals surface area contributed by atoms with Gasteiger partial charge in [0.2, 0.25) is 0 Å². The fourth-order valence-electron chi connectivity index (χ4n) is 4.94. The first kappa shape index (κ1) is 13.9. The summed E-state index contributed by atoms with van der Waals surface area (Å²) in [4.78, 5) is 0. The standard InChI is InChI=1S/C17H31NO/c1-3-19-16-12-15(17(16)9-5-4-6-10-17)18-14-8-7-13(2)11-14/h13-16,18H,3-12H2,1-2H3. The summed E-state index contributed by atoms with van der Waals surface area (Å²) in [6.07, 6.45) is 13.1. The molecule has 0 saturated heterocycles. The summed E-state index contributed by atoms with van der Waals surface area (Å²) in [7, 11) is 0. The molecule has 3 aliphatic carbocycles. The highest BCUT2D eigenvalue weighted by Gasteiger charge is 2.55. The van der Waals surface area contributed by atoms with Gasteiger partial charge in [0, 0.05) is 24.1 Å². The molecule has 0 aromatic rings. The number of rotatable bonds is 4. The van der Waals surface area contributed by atoms with Gasteiger partial charge in [0.1, 0.15) is 0 Å². The van der Waals surface area contributed by atoms with Crippen LogP contribution >= 0.6 is 0 Å². The third-order valence-corrected chi connectivity index (χ3v) is 6.07. The minimum atomic E-state index is 0.500. The predicted molar refractivity (Wildman–Crippen MR) is 79.3 cm³/mol. The molecule has 2 nitrogen and oxygen atoms in total. The zero-order valence-corrected chi connectivity index (χ0v) is 12.8. The molecule has 3 rings (SSSR count). The van der Waals surface area contributed by atoms with Gasteiger partial charge in [-0.1, -0.05) is 26.2 Å². The summed E-state index contributed by atoms with van der Waals surface area (Å²) < 4.78 is 6.05. The molecule has 0 aromatic carbocycles. The van der Waals surface area contributed by atoms with Crippen molar-refractivity contribution in [1.29, 1.82) is 0 Å². The van der Waals surface area contributed by atoms with E-state index in [-0.39, 0.29) is 0 Å². The first-order chi connectivity index (χ1) is 9.24. The van der Waals surface area contributed by atoms with Crippen LogP contribution in [-0.2, 0) is 4.74 Å². The normalized spacial score (nSPS) is 41.4. The Kier molecular flexibility index (Phi) is 4.19. The quantitative estimate of drug-likeness (QED) is 0.832. The van der Waals surface area contributed by atoms with Crippen LogP contribution in [0.15, 0.2) is 0 Å². The molecule has 4 unspecified atom stereocenters. The van der Waals surface area contributed by atoms with E-state index >= 15 is 0 Å². The van der Waals surface area contributed by atoms with E-state index in [1.807, 2.05) is 0 Å². The first-order valence-electron chi connectivity index (χ1n) is 8.62. The second kappa shape index (κ2) is 5.73. The Morgan fingerprint density at radius 3 is 2.53 bits per heavy atom. The second-order valence-corrected chi connectivity index (χ2v) is 7.31. The van der Waals surface area contributed by atoms with E-state index in [1.165, 1.54) is 57.8 Å². The molecule has 1 N–H and O–H groups in total. The second-order valence-electron chi connectivity index (χ2n) is 7.31. The molecule has 0 amide bonds. The lowest BCUT2D eigenvalue weighted by molar-refractivity contribution is -0.152. The Balaban J connectivity index is 1.61. The molecule has 1 spiro atoms. The fourth-order valence-corrected chi connectivity index (χ4v) is 4.94. The van der Waals surface area contributed by atoms with Crippen LogP contribution in [-0.4, -0.2) is 24.8 Å². The summed E-state index contributed by atoms with van der Waals surface area (Å²) in [6.45, 7) is 5.44. The number of hydrogen-bond acceptors (Lipinski definition) is 2. The average Bonchev–Trinajstić information content (AvgIpc) is 2.84. The zero-order chi connectivity index (χ0) is 13.3. The van der Waals surface area contributed by atoms with Crippen molar-refractivity contribution in [3.63, 3.8) is 0 Å². The highest BCUT2D eigenvalue weighted by Crippen LogP contribution is 2.53. The van der Waals surface area contributed by atoms with Gasteiger partial charge < -0.3 is 10.1 Å². The summed E-state index contributed by atoms with van der Waals surface area (Å²) in [5.41, 5.74) is 0.500. The maximum atomic E-state index is 6.05. The molecule has 110 valence electrons. The number of ether oxygens (including phenoxy) is 1. The van der Waals surface area contributed by atoms with Crippen molar-refractivity contribution in [3.05, 3.63) is 0 Å². The van der Waals surface area contributed by atoms with E-state index in [1.54, 1.807) is 0 Å². The lowest BCUT2D eigenvalue weighted by Crippen LogP contribution is -2.65. The van der Waals surface area contributed by atoms with Crippen LogP contribution in [0.4, 0.5) is 0 Å². The van der Waals surface area contributed by atoms with Gasteiger partial charge in [-0.25, -0.2) is 0 Å². The molecule has 0 radical (unpaired) electrons. The highest BCUT2D eigenvalue weighted by atomic mass is 16.5. The summed E-state index contributed by atoms with van der Waals surface area (Å²) in [5.74, 6) is 0.933. The van der Waals surface area contributed by atoms with Crippen molar-refractivity contribution in [2.45, 2.75) is 89.8 Å². The monoisotopic (exact) mass is 265 g/mol. The Labute approximate surface area is 118 Å². The molecule has 4 atom stereocenters. The van der Waals surface area contributed by atoms with E-state index in [0.717, 1.165) is 24.6 Å². The molecule has 0 aliphatic heterocycles. The molecular formula is C17H31NO. The third kappa shape index (κ3) is 2.58. The van der Waals surface area contributed by atoms with Gasteiger partial charge in [-0.15, -0.1) is 0 Å². The summed E-state index contributed by atoms with van der Waals surface area (Å²) in [6, 6.07) is 1.54. The SMILES string of the molecule is CCOC1CC(NC2CCC(C)C2)C12CCCCC2. The molecule has 0 aromatic heterocycles. The lowest BCUT2D eigenvalue weighted by Gasteiger charge is -2.58. The van der Waals surface area contributed by atoms with E-state index in [0.29, 0.717) is 11.5 Å². The zero-order valence-electron chi connectivity index (χ0n) is 12.8. The molecule has 19 heavy (non-hydrogen) atoms. The van der Waals surface area contributed by atoms with Crippen LogP contribution in [0.3, 0.4) is 0 Å². The number of hydrogen-bond donors (Lipinski definition) is 1. The molecule has 0 heterocycles. The van der Waals surface area contributed by atoms with Crippen LogP contribution in [0.1, 0.15) is 71.6 Å². The maximum Gasteiger partial charge on any atom is 0.0661 e. The lowest BCUT2D eigenvalue weighted by atomic mass is 9.55. The Morgan fingerprint density at radius 2 is 1.89 bits per heavy atom. The smallest absolute Gasteiger partial charge is 0.0661 e. The predicted octanol–water partition coefficient (Wildman–Crippen LogP) is 3.89. The Hall–Kier alpha value is -0.0800. The topological polar surface area (TPSA) is 21.3 Å². The van der Waals surface area contributed by atoms with Gasteiger partial charge in [0.25, 0.3) is 0 Å². The average molecular weight is 265 g/mol. The number of nitrogens with one attached hydrogen (secondary N) is 1. The van der Waals surface area contributed by atoms with Crippen molar-refractivity contribution in [2.24, 2.45) is 11.3 Å². The van der Waals surface area contributed by atoms with E-state index in [9.17, 15) is 0 Å². The van der Waals surface area contributed by atoms with Crippen molar-refractivity contribution in [3.8, 4) is 0 Å². The Bertz CT molecular complexity index is 298. The summed E-state index contributed by atoms with van der Waals surface area (Å²) in [5, 5.41) is 4.01. The van der Waals surface area contributed by atoms with Crippen molar-refractivity contribution in [1.82, 2.24) is 5.32 Å². The first-order valence-corrected chi connectivity index (χ1v) is 8.62. The summed E-state index contributed by atoms with van der Waals surface area (Å²) >= 11 is 0. The van der Waals surface area contributed by atoms with Gasteiger partial charge in [-0.3, -0.25) is 0 Å². The third-order valence-electron chi connectivity index (χ3n) is 6.07. The molecular weight excluding hydrogens is 234 g/mol. The van der Waals surface area contributed by atoms with E-state index < -0.39 is 0 Å². The van der Waals surface area contributed by atoms with Crippen LogP contribution in [0.5, 0.6) is 0 Å². The maximum absolute atomic E-state index is 6.05. The highest BCUT2D eigenvalue weighted by molar-refractivity contribution is 5.09. The fraction of sp³-hybridized carbons (Fsp3) is 1.00. The van der Waals surface area contributed by atoms with Crippen molar-refractivity contribution in [2.75, 3.05) is 6.61 Å². The van der Waals surface area contributed by atoms with Crippen LogP contribution in [0, 0.1) is 11.3 Å². The van der Waals surface area contributed by atoms with E-state index in [4.69, 9.17) is 4.74 Å². The van der Waals surface area contributed by atoms with Gasteiger partial charge in [-0.2, -0.15) is 0 Å². The van der Waals surface area contributed by atoms with Crippen LogP contribution in [0.2, 0.25) is 0 Å². The molecule has 3 fully saturated rings. The van der Waals surface area contributed by atoms with Crippen molar-refractivity contribution < 1.29 is 4.74 Å². The minimum Gasteiger partial charge on any atom is -0.378 e. The van der Waals surface area contributed by atoms with Gasteiger partial charge in [-0.05, 0) is 51.4 Å². The molecule has 3 aliphatic rings.